The highest BCUT2D eigenvalue weighted by Crippen LogP contribution is 2.36. The number of aromatic nitrogens is 2. The van der Waals surface area contributed by atoms with Crippen molar-refractivity contribution in [2.45, 2.75) is 17.5 Å². The van der Waals surface area contributed by atoms with Crippen LogP contribution in [-0.4, -0.2) is 28.8 Å². The molecular weight excluding hydrogens is 360 g/mol. The Hall–Kier alpha value is -2.58. The first-order valence-electron chi connectivity index (χ1n) is 8.00. The van der Waals surface area contributed by atoms with Crippen LogP contribution in [0.25, 0.3) is 0 Å². The van der Waals surface area contributed by atoms with Crippen LogP contribution < -0.4 is 0 Å². The van der Waals surface area contributed by atoms with Gasteiger partial charge in [-0.25, -0.2) is 17.2 Å². The van der Waals surface area contributed by atoms with Gasteiger partial charge in [0.15, 0.2) is 0 Å². The van der Waals surface area contributed by atoms with Crippen molar-refractivity contribution in [1.29, 1.82) is 0 Å². The summed E-state index contributed by atoms with van der Waals surface area (Å²) in [6.45, 7) is 0.576. The van der Waals surface area contributed by atoms with Crippen LogP contribution in [0.2, 0.25) is 0 Å². The Bertz CT molecular complexity index is 1050. The topological polar surface area (TPSA) is 55.2 Å². The zero-order valence-electron chi connectivity index (χ0n) is 13.6. The monoisotopic (exact) mass is 375 g/mol. The van der Waals surface area contributed by atoms with Crippen LogP contribution in [0.4, 0.5) is 8.78 Å². The van der Waals surface area contributed by atoms with Crippen LogP contribution in [0.15, 0.2) is 66.0 Å². The Labute approximate surface area is 149 Å². The highest BCUT2D eigenvalue weighted by Gasteiger charge is 2.38. The second-order valence-electron chi connectivity index (χ2n) is 6.00. The van der Waals surface area contributed by atoms with E-state index in [1.165, 1.54) is 4.31 Å². The van der Waals surface area contributed by atoms with Gasteiger partial charge in [0, 0.05) is 37.4 Å². The SMILES string of the molecule is O=S(=O)(c1cc(F)ccc1F)N1CCn2cccc2C1c1ccncc1. The van der Waals surface area contributed by atoms with Gasteiger partial charge in [-0.05, 0) is 48.0 Å². The molecule has 0 saturated carbocycles. The average Bonchev–Trinajstić information content (AvgIpc) is 3.12. The van der Waals surface area contributed by atoms with Crippen molar-refractivity contribution in [3.63, 3.8) is 0 Å². The number of hydrogen-bond acceptors (Lipinski definition) is 3. The fourth-order valence-electron chi connectivity index (χ4n) is 3.31. The fraction of sp³-hybridized carbons (Fsp3) is 0.167. The van der Waals surface area contributed by atoms with Crippen LogP contribution in [0, 0.1) is 11.6 Å². The summed E-state index contributed by atoms with van der Waals surface area (Å²) in [5, 5.41) is 0. The van der Waals surface area contributed by atoms with E-state index in [2.05, 4.69) is 4.98 Å². The van der Waals surface area contributed by atoms with E-state index in [4.69, 9.17) is 0 Å². The van der Waals surface area contributed by atoms with Crippen LogP contribution >= 0.6 is 0 Å². The number of fused-ring (bicyclic) bond motifs is 1. The Kier molecular flexibility index (Phi) is 4.08. The minimum absolute atomic E-state index is 0.146. The van der Waals surface area contributed by atoms with Gasteiger partial charge in [0.2, 0.25) is 10.0 Å². The van der Waals surface area contributed by atoms with Crippen molar-refractivity contribution in [1.82, 2.24) is 13.9 Å². The van der Waals surface area contributed by atoms with Gasteiger partial charge in [-0.2, -0.15) is 4.31 Å². The zero-order chi connectivity index (χ0) is 18.3. The third kappa shape index (κ3) is 2.71. The van der Waals surface area contributed by atoms with E-state index in [-0.39, 0.29) is 6.54 Å². The highest BCUT2D eigenvalue weighted by atomic mass is 32.2. The summed E-state index contributed by atoms with van der Waals surface area (Å²) in [5.41, 5.74) is 1.47. The molecule has 0 fully saturated rings. The van der Waals surface area contributed by atoms with Crippen molar-refractivity contribution in [2.75, 3.05) is 6.54 Å². The summed E-state index contributed by atoms with van der Waals surface area (Å²) < 4.78 is 57.3. The number of pyridine rings is 1. The first kappa shape index (κ1) is 16.9. The van der Waals surface area contributed by atoms with Gasteiger partial charge >= 0.3 is 0 Å². The molecule has 0 N–H and O–H groups in total. The summed E-state index contributed by atoms with van der Waals surface area (Å²) in [6.07, 6.45) is 5.02. The number of sulfonamides is 1. The zero-order valence-corrected chi connectivity index (χ0v) is 14.4. The normalized spacial score (nSPS) is 17.8. The predicted molar refractivity (Wildman–Crippen MR) is 90.8 cm³/mol. The van der Waals surface area contributed by atoms with Crippen molar-refractivity contribution in [2.24, 2.45) is 0 Å². The molecule has 1 unspecified atom stereocenters. The lowest BCUT2D eigenvalue weighted by molar-refractivity contribution is 0.297. The van der Waals surface area contributed by atoms with E-state index in [0.29, 0.717) is 12.1 Å². The summed E-state index contributed by atoms with van der Waals surface area (Å²) in [5.74, 6) is -1.77. The first-order valence-corrected chi connectivity index (χ1v) is 9.44. The van der Waals surface area contributed by atoms with Gasteiger partial charge in [0.25, 0.3) is 0 Å². The third-order valence-corrected chi connectivity index (χ3v) is 6.38. The maximum atomic E-state index is 14.2. The molecule has 0 spiro atoms. The van der Waals surface area contributed by atoms with Gasteiger partial charge < -0.3 is 4.57 Å². The van der Waals surface area contributed by atoms with E-state index < -0.39 is 32.6 Å². The smallest absolute Gasteiger partial charge is 0.247 e. The number of nitrogens with zero attached hydrogens (tertiary/aromatic N) is 3. The number of rotatable bonds is 3. The molecule has 1 aliphatic rings. The second kappa shape index (κ2) is 6.30. The van der Waals surface area contributed by atoms with Crippen LogP contribution in [0.1, 0.15) is 17.3 Å². The molecular formula is C18H15F2N3O2S. The lowest BCUT2D eigenvalue weighted by atomic mass is 10.0. The maximum absolute atomic E-state index is 14.2. The molecule has 3 heterocycles. The fourth-order valence-corrected chi connectivity index (χ4v) is 4.96. The van der Waals surface area contributed by atoms with Crippen molar-refractivity contribution < 1.29 is 17.2 Å². The molecule has 1 aromatic carbocycles. The Morgan fingerprint density at radius 2 is 1.81 bits per heavy atom. The number of halogens is 2. The van der Waals surface area contributed by atoms with Gasteiger partial charge in [-0.3, -0.25) is 4.98 Å². The lowest BCUT2D eigenvalue weighted by Crippen LogP contribution is -2.42. The molecule has 8 heteroatoms. The van der Waals surface area contributed by atoms with Crippen molar-refractivity contribution >= 4 is 10.0 Å². The Morgan fingerprint density at radius 1 is 1.04 bits per heavy atom. The Balaban J connectivity index is 1.88. The summed E-state index contributed by atoms with van der Waals surface area (Å²) in [4.78, 5) is 3.31. The molecule has 1 aliphatic heterocycles. The molecule has 0 radical (unpaired) electrons. The van der Waals surface area contributed by atoms with Crippen LogP contribution in [0.5, 0.6) is 0 Å². The molecule has 4 rings (SSSR count). The van der Waals surface area contributed by atoms with Crippen LogP contribution in [-0.2, 0) is 16.6 Å². The minimum Gasteiger partial charge on any atom is -0.348 e. The maximum Gasteiger partial charge on any atom is 0.247 e. The average molecular weight is 375 g/mol. The highest BCUT2D eigenvalue weighted by molar-refractivity contribution is 7.89. The van der Waals surface area contributed by atoms with Gasteiger partial charge in [0.05, 0.1) is 6.04 Å². The second-order valence-corrected chi connectivity index (χ2v) is 7.86. The molecule has 0 aliphatic carbocycles. The molecule has 26 heavy (non-hydrogen) atoms. The van der Waals surface area contributed by atoms with Gasteiger partial charge in [-0.15, -0.1) is 0 Å². The number of hydrogen-bond donors (Lipinski definition) is 0. The largest absolute Gasteiger partial charge is 0.348 e. The summed E-state index contributed by atoms with van der Waals surface area (Å²) in [7, 11) is -4.25. The quantitative estimate of drug-likeness (QED) is 0.707. The molecule has 1 atom stereocenters. The van der Waals surface area contributed by atoms with E-state index >= 15 is 0 Å². The Morgan fingerprint density at radius 3 is 2.58 bits per heavy atom. The molecule has 134 valence electrons. The molecule has 3 aromatic rings. The molecule has 2 aromatic heterocycles. The van der Waals surface area contributed by atoms with Crippen molar-refractivity contribution in [3.8, 4) is 0 Å². The molecule has 0 bridgehead atoms. The van der Waals surface area contributed by atoms with E-state index in [1.54, 1.807) is 24.5 Å². The van der Waals surface area contributed by atoms with E-state index in [0.717, 1.165) is 23.9 Å². The predicted octanol–water partition coefficient (Wildman–Crippen LogP) is 2.96. The van der Waals surface area contributed by atoms with Gasteiger partial charge in [0.1, 0.15) is 16.5 Å². The molecule has 0 saturated heterocycles. The van der Waals surface area contributed by atoms with Crippen LogP contribution in [0.3, 0.4) is 0 Å². The molecule has 0 amide bonds. The number of benzene rings is 1. The lowest BCUT2D eigenvalue weighted by Gasteiger charge is -2.36. The van der Waals surface area contributed by atoms with E-state index in [9.17, 15) is 17.2 Å². The molecule has 5 nitrogen and oxygen atoms in total. The third-order valence-electron chi connectivity index (χ3n) is 4.50. The minimum atomic E-state index is -4.25. The standard InChI is InChI=1S/C18H15F2N3O2S/c19-14-3-4-15(20)17(12-14)26(24,25)23-11-10-22-9-1-2-16(22)18(23)13-5-7-21-8-6-13/h1-9,12,18H,10-11H2. The van der Waals surface area contributed by atoms with Crippen molar-refractivity contribution in [3.05, 3.63) is 83.9 Å². The van der Waals surface area contributed by atoms with Gasteiger partial charge in [-0.1, -0.05) is 0 Å². The summed E-state index contributed by atoms with van der Waals surface area (Å²) in [6, 6.07) is 8.91. The summed E-state index contributed by atoms with van der Waals surface area (Å²) >= 11 is 0. The first-order chi connectivity index (χ1) is 12.5. The van der Waals surface area contributed by atoms with E-state index in [1.807, 2.05) is 22.9 Å².